The molecule has 0 saturated carbocycles. The molecule has 0 unspecified atom stereocenters. The van der Waals surface area contributed by atoms with Gasteiger partial charge < -0.3 is 101 Å². The van der Waals surface area contributed by atoms with E-state index in [1.165, 1.54) is 19.2 Å². The molecule has 11 heterocycles. The molecule has 0 aliphatic carbocycles. The number of rotatable bonds is 17. The molecular formula is C107H106F4N10O16. The van der Waals surface area contributed by atoms with Crippen LogP contribution in [0.1, 0.15) is 33.5 Å². The molecule has 137 heavy (non-hydrogen) atoms. The van der Waals surface area contributed by atoms with Gasteiger partial charge in [-0.1, -0.05) is 42.5 Å². The molecule has 21 rings (SSSR count). The van der Waals surface area contributed by atoms with Crippen LogP contribution in [0.15, 0.2) is 275 Å². The van der Waals surface area contributed by atoms with Gasteiger partial charge in [0.25, 0.3) is 0 Å². The van der Waals surface area contributed by atoms with E-state index in [-0.39, 0.29) is 33.9 Å². The lowest BCUT2D eigenvalue weighted by Gasteiger charge is -2.33. The summed E-state index contributed by atoms with van der Waals surface area (Å²) in [6.45, 7) is 23.6. The average Bonchev–Trinajstić information content (AvgIpc) is 1.73. The highest BCUT2D eigenvalue weighted by Crippen LogP contribution is 2.39. The smallest absolute Gasteiger partial charge is 0.387 e. The standard InChI is InChI=1S/C22H24N2O4.C22H20N2O3.2C21H20F2N2O3.C21H22N2O3/c1-14-13-24(9-8-23-14)16-5-4-15-10-21(28-22(25)19(15)11-16)18-7-6-17(26-2)12-20(18)27-3;1-14-10-17-11-16(3-5-20(17)26-14)21-12-15-2-4-18(13-19(15)22(25)27-21)24-8-6-23-7-9-24;1-12-11-25(6-5-24-12)15-4-3-13-9-19(28-21(26)16(13)10-15)14-7-17(22)20(27-2)18(23)8-14;1-13-12-25(8-7-24-13)16-6-5-14-10-19(28-20(26)18(14)11-16)15-3-2-4-17(9-15)27-21(22)23;1-2-25-18-7-4-15(5-8-18)20-13-16-3-6-17(14-19(16)21(24)26-20)23-11-9-22-10-12-23/h4-7,10-12,14,23H,8-9,13H2,1-3H3;2-5,10-13,23H,6-9H2,1H3;3-4,7-10,12,24H,5-6,11H2,1-2H3;2-6,9-11,13,21,24H,7-8,12H2,1H3;3-8,13-14,22H,2,9-12H2,1H3/t14-;;12-;13-;/m0.00./s1. The molecule has 5 fully saturated rings. The van der Waals surface area contributed by atoms with Crippen LogP contribution in [-0.4, -0.2) is 164 Å². The van der Waals surface area contributed by atoms with Gasteiger partial charge >= 0.3 is 34.7 Å². The van der Waals surface area contributed by atoms with Gasteiger partial charge in [0.1, 0.15) is 63.1 Å². The highest BCUT2D eigenvalue weighted by Gasteiger charge is 2.26. The summed E-state index contributed by atoms with van der Waals surface area (Å²) in [6, 6.07) is 68.7. The Morgan fingerprint density at radius 3 is 1.15 bits per heavy atom. The number of ether oxygens (including phenoxy) is 5. The number of hydrogen-bond donors (Lipinski definition) is 5. The number of benzene rings is 10. The molecule has 5 aliphatic rings. The van der Waals surface area contributed by atoms with Gasteiger partial charge in [-0.05, 0) is 237 Å². The van der Waals surface area contributed by atoms with Crippen molar-refractivity contribution in [2.75, 3.05) is 164 Å². The Kier molecular flexibility index (Phi) is 29.2. The van der Waals surface area contributed by atoms with Gasteiger partial charge in [-0.3, -0.25) is 0 Å². The summed E-state index contributed by atoms with van der Waals surface area (Å²) in [5.41, 5.74) is 7.05. The number of halogens is 4. The van der Waals surface area contributed by atoms with Crippen molar-refractivity contribution in [1.29, 1.82) is 0 Å². The molecule has 5 aliphatic heterocycles. The second kappa shape index (κ2) is 42.5. The van der Waals surface area contributed by atoms with Crippen LogP contribution < -0.4 is 103 Å². The molecule has 708 valence electrons. The molecule has 30 heteroatoms. The Morgan fingerprint density at radius 2 is 0.745 bits per heavy atom. The molecule has 0 radical (unpaired) electrons. The van der Waals surface area contributed by atoms with E-state index in [1.807, 2.05) is 159 Å². The lowest BCUT2D eigenvalue weighted by molar-refractivity contribution is -0.0498. The van der Waals surface area contributed by atoms with Crippen molar-refractivity contribution in [2.24, 2.45) is 0 Å². The van der Waals surface area contributed by atoms with E-state index in [0.29, 0.717) is 103 Å². The fourth-order valence-corrected chi connectivity index (χ4v) is 17.8. The quantitative estimate of drug-likeness (QED) is 0.0529. The molecule has 3 atom stereocenters. The maximum atomic E-state index is 14.0. The van der Waals surface area contributed by atoms with Crippen LogP contribution in [0.5, 0.6) is 28.7 Å². The first-order chi connectivity index (χ1) is 66.4. The lowest BCUT2D eigenvalue weighted by Crippen LogP contribution is -2.49. The predicted molar refractivity (Wildman–Crippen MR) is 531 cm³/mol. The van der Waals surface area contributed by atoms with E-state index in [9.17, 15) is 41.5 Å². The van der Waals surface area contributed by atoms with E-state index < -0.39 is 35.2 Å². The third-order valence-corrected chi connectivity index (χ3v) is 24.8. The number of methoxy groups -OCH3 is 3. The Labute approximate surface area is 785 Å². The zero-order valence-corrected chi connectivity index (χ0v) is 77.2. The van der Waals surface area contributed by atoms with Crippen LogP contribution in [0.25, 0.3) is 121 Å². The topological polar surface area (TPSA) is 287 Å². The zero-order chi connectivity index (χ0) is 95.5. The average molecular weight is 1860 g/mol. The van der Waals surface area contributed by atoms with Crippen LogP contribution in [-0.2, 0) is 0 Å². The third kappa shape index (κ3) is 22.1. The van der Waals surface area contributed by atoms with Gasteiger partial charge in [0.2, 0.25) is 0 Å². The molecule has 16 aromatic rings. The van der Waals surface area contributed by atoms with Gasteiger partial charge in [0.15, 0.2) is 17.4 Å². The summed E-state index contributed by atoms with van der Waals surface area (Å²) < 4.78 is 112. The van der Waals surface area contributed by atoms with Crippen molar-refractivity contribution in [3.05, 3.63) is 294 Å². The molecule has 0 bridgehead atoms. The van der Waals surface area contributed by atoms with Gasteiger partial charge in [-0.15, -0.1) is 0 Å². The molecular weight excluding hydrogens is 1760 g/mol. The van der Waals surface area contributed by atoms with E-state index in [2.05, 4.69) is 99.5 Å². The molecule has 26 nitrogen and oxygen atoms in total. The molecule has 10 aromatic carbocycles. The van der Waals surface area contributed by atoms with Crippen molar-refractivity contribution in [1.82, 2.24) is 26.6 Å². The number of anilines is 5. The minimum atomic E-state index is -2.91. The maximum Gasteiger partial charge on any atom is 0.387 e. The molecule has 6 aromatic heterocycles. The number of furan rings is 1. The number of nitrogens with zero attached hydrogens (tertiary/aromatic N) is 5. The fourth-order valence-electron chi connectivity index (χ4n) is 17.8. The number of hydrogen-bond acceptors (Lipinski definition) is 26. The van der Waals surface area contributed by atoms with Crippen LogP contribution in [0.3, 0.4) is 0 Å². The van der Waals surface area contributed by atoms with Crippen LogP contribution in [0.2, 0.25) is 0 Å². The number of fused-ring (bicyclic) bond motifs is 6. The normalized spacial score (nSPS) is 16.2. The zero-order valence-electron chi connectivity index (χ0n) is 77.2. The number of nitrogens with one attached hydrogen (secondary N) is 5. The van der Waals surface area contributed by atoms with Gasteiger partial charge in [-0.25, -0.2) is 32.8 Å². The van der Waals surface area contributed by atoms with Crippen molar-refractivity contribution < 1.29 is 67.7 Å². The summed E-state index contributed by atoms with van der Waals surface area (Å²) in [5, 5.41) is 24.7. The third-order valence-electron chi connectivity index (χ3n) is 24.8. The highest BCUT2D eigenvalue weighted by molar-refractivity contribution is 5.93. The summed E-state index contributed by atoms with van der Waals surface area (Å²) in [5.74, 6) is 2.79. The number of alkyl halides is 2. The number of aryl methyl sites for hydroxylation is 1. The second-order valence-electron chi connectivity index (χ2n) is 34.2. The SMILES string of the molecule is CCOc1ccc(-c2cc3ccc(N4CCNCC4)cc3c(=O)o2)cc1.COc1c(F)cc(-c2cc3ccc(N4CCN[C@@H](C)C4)cc3c(=O)o2)cc1F.COc1ccc(-c2cc3ccc(N4CCN[C@@H](C)C4)cc3c(=O)o2)c(OC)c1.C[C@H]1CN(c2ccc3cc(-c4cccc(OC(F)F)c4)oc(=O)c3c2)CCN1.Cc1cc2cc(-c3cc4ccc(N5CCNCC5)cc4c(=O)o3)ccc2o1. The monoisotopic (exact) mass is 1860 g/mol. The summed E-state index contributed by atoms with van der Waals surface area (Å²) in [6.07, 6.45) is 0. The summed E-state index contributed by atoms with van der Waals surface area (Å²) >= 11 is 0. The minimum absolute atomic E-state index is 0.0124. The van der Waals surface area contributed by atoms with E-state index in [0.717, 1.165) is 207 Å². The predicted octanol–water partition coefficient (Wildman–Crippen LogP) is 17.9. The van der Waals surface area contributed by atoms with Crippen molar-refractivity contribution in [3.63, 3.8) is 0 Å². The lowest BCUT2D eigenvalue weighted by atomic mass is 10.1. The first-order valence-electron chi connectivity index (χ1n) is 45.8. The number of piperazine rings is 5. The first kappa shape index (κ1) is 94.1. The van der Waals surface area contributed by atoms with E-state index in [1.54, 1.807) is 50.6 Å². The van der Waals surface area contributed by atoms with Gasteiger partial charge in [0.05, 0.1) is 60.4 Å². The van der Waals surface area contributed by atoms with Crippen molar-refractivity contribution >= 4 is 93.3 Å². The van der Waals surface area contributed by atoms with Gasteiger partial charge in [0, 0.05) is 192 Å². The van der Waals surface area contributed by atoms with Crippen LogP contribution in [0.4, 0.5) is 46.0 Å². The van der Waals surface area contributed by atoms with Crippen molar-refractivity contribution in [2.45, 2.75) is 59.4 Å². The summed E-state index contributed by atoms with van der Waals surface area (Å²) in [7, 11) is 4.37. The van der Waals surface area contributed by atoms with Gasteiger partial charge in [-0.2, -0.15) is 8.78 Å². The molecule has 5 N–H and O–H groups in total. The second-order valence-corrected chi connectivity index (χ2v) is 34.2. The summed E-state index contributed by atoms with van der Waals surface area (Å²) in [4.78, 5) is 74.4. The van der Waals surface area contributed by atoms with Crippen LogP contribution in [0, 0.1) is 18.6 Å². The Bertz CT molecular complexity index is 7360. The molecule has 0 amide bonds. The van der Waals surface area contributed by atoms with Crippen LogP contribution >= 0.6 is 0 Å². The Balaban J connectivity index is 0.000000119. The Morgan fingerprint density at radius 1 is 0.358 bits per heavy atom. The maximum absolute atomic E-state index is 14.0. The van der Waals surface area contributed by atoms with E-state index >= 15 is 0 Å². The molecule has 0 spiro atoms. The largest absolute Gasteiger partial charge is 0.497 e. The highest BCUT2D eigenvalue weighted by atomic mass is 19.3. The fraction of sp³-hybridized carbons (Fsp3) is 0.280. The van der Waals surface area contributed by atoms with Crippen molar-refractivity contribution in [3.8, 4) is 85.4 Å². The van der Waals surface area contributed by atoms with E-state index in [4.69, 9.17) is 40.7 Å². The molecule has 5 saturated heterocycles. The minimum Gasteiger partial charge on any atom is -0.497 e. The Hall–Kier alpha value is -14.7. The first-order valence-corrected chi connectivity index (χ1v) is 45.8.